The zero-order valence-corrected chi connectivity index (χ0v) is 10.2. The van der Waals surface area contributed by atoms with E-state index in [1.54, 1.807) is 0 Å². The van der Waals surface area contributed by atoms with Gasteiger partial charge in [-0.2, -0.15) is 4.98 Å². The maximum Gasteiger partial charge on any atom is 0.209 e. The lowest BCUT2D eigenvalue weighted by molar-refractivity contribution is 0.625. The molecule has 0 aliphatic carbocycles. The largest absolute Gasteiger partial charge is 0.453 e. The lowest BCUT2D eigenvalue weighted by atomic mass is 10.2. The van der Waals surface area contributed by atoms with Gasteiger partial charge in [-0.15, -0.1) is 11.5 Å². The number of nitrogens with zero attached hydrogens (tertiary/aromatic N) is 2. The van der Waals surface area contributed by atoms with E-state index < -0.39 is 0 Å². The van der Waals surface area contributed by atoms with Crippen molar-refractivity contribution in [2.45, 2.75) is 5.16 Å². The van der Waals surface area contributed by atoms with Gasteiger partial charge < -0.3 is 4.42 Å². The summed E-state index contributed by atoms with van der Waals surface area (Å²) in [5, 5.41) is 8.59. The number of aromatic nitrogens is 3. The number of hydrogen-bond donors (Lipinski definition) is 1. The standard InChI is InChI=1S/C13H9N3OS/c1-2-7-18-13-14-12(15-16-13)11-8-9-5-3-4-6-10(9)17-11/h1,3-6,8H,7H2,(H,14,15,16). The third-order valence-electron chi connectivity index (χ3n) is 2.41. The minimum atomic E-state index is 0.553. The quantitative estimate of drug-likeness (QED) is 0.577. The van der Waals surface area contributed by atoms with Crippen LogP contribution in [0.15, 0.2) is 39.9 Å². The highest BCUT2D eigenvalue weighted by atomic mass is 32.2. The van der Waals surface area contributed by atoms with E-state index in [2.05, 4.69) is 21.1 Å². The van der Waals surface area contributed by atoms with E-state index in [0.717, 1.165) is 11.0 Å². The van der Waals surface area contributed by atoms with Gasteiger partial charge in [-0.1, -0.05) is 35.9 Å². The Hall–Kier alpha value is -2.19. The Labute approximate surface area is 108 Å². The topological polar surface area (TPSA) is 54.7 Å². The Morgan fingerprint density at radius 1 is 1.39 bits per heavy atom. The van der Waals surface area contributed by atoms with Crippen molar-refractivity contribution in [2.24, 2.45) is 0 Å². The molecule has 0 aliphatic rings. The van der Waals surface area contributed by atoms with Crippen molar-refractivity contribution in [3.05, 3.63) is 30.3 Å². The van der Waals surface area contributed by atoms with Crippen LogP contribution in [0.3, 0.4) is 0 Å². The second kappa shape index (κ2) is 4.59. The van der Waals surface area contributed by atoms with E-state index in [1.807, 2.05) is 30.3 Å². The molecule has 0 atom stereocenters. The molecule has 0 unspecified atom stereocenters. The minimum absolute atomic E-state index is 0.553. The minimum Gasteiger partial charge on any atom is -0.453 e. The molecule has 5 heteroatoms. The van der Waals surface area contributed by atoms with Crippen molar-refractivity contribution in [3.8, 4) is 23.9 Å². The summed E-state index contributed by atoms with van der Waals surface area (Å²) < 4.78 is 5.69. The molecule has 0 fully saturated rings. The predicted molar refractivity (Wildman–Crippen MR) is 71.1 cm³/mol. The van der Waals surface area contributed by atoms with Gasteiger partial charge in [-0.3, -0.25) is 5.10 Å². The number of fused-ring (bicyclic) bond motifs is 1. The molecular weight excluding hydrogens is 246 g/mol. The smallest absolute Gasteiger partial charge is 0.209 e. The number of thioether (sulfide) groups is 1. The van der Waals surface area contributed by atoms with Crippen LogP contribution < -0.4 is 0 Å². The molecule has 0 spiro atoms. The number of benzene rings is 1. The van der Waals surface area contributed by atoms with Crippen LogP contribution in [0.5, 0.6) is 0 Å². The highest BCUT2D eigenvalue weighted by molar-refractivity contribution is 7.99. The van der Waals surface area contributed by atoms with Crippen molar-refractivity contribution in [1.82, 2.24) is 15.2 Å². The second-order valence-corrected chi connectivity index (χ2v) is 4.55. The number of para-hydroxylation sites is 1. The predicted octanol–water partition coefficient (Wildman–Crippen LogP) is 2.94. The molecular formula is C13H9N3OS. The normalized spacial score (nSPS) is 10.6. The Bertz CT molecular complexity index is 690. The van der Waals surface area contributed by atoms with Gasteiger partial charge in [0.05, 0.1) is 5.75 Å². The van der Waals surface area contributed by atoms with Gasteiger partial charge in [-0.05, 0) is 12.1 Å². The Morgan fingerprint density at radius 3 is 3.11 bits per heavy atom. The summed E-state index contributed by atoms with van der Waals surface area (Å²) in [7, 11) is 0. The molecule has 0 radical (unpaired) electrons. The first-order valence-electron chi connectivity index (χ1n) is 5.34. The van der Waals surface area contributed by atoms with Crippen LogP contribution in [0, 0.1) is 12.3 Å². The molecule has 2 heterocycles. The van der Waals surface area contributed by atoms with Gasteiger partial charge in [0.1, 0.15) is 5.58 Å². The Morgan fingerprint density at radius 2 is 2.28 bits per heavy atom. The molecule has 0 aliphatic heterocycles. The van der Waals surface area contributed by atoms with E-state index in [4.69, 9.17) is 10.8 Å². The van der Waals surface area contributed by atoms with Crippen LogP contribution in [-0.2, 0) is 0 Å². The lowest BCUT2D eigenvalue weighted by Crippen LogP contribution is -1.77. The highest BCUT2D eigenvalue weighted by Gasteiger charge is 2.10. The first kappa shape index (κ1) is 10.9. The number of aromatic amines is 1. The summed E-state index contributed by atoms with van der Waals surface area (Å²) in [6.07, 6.45) is 5.19. The average molecular weight is 255 g/mol. The van der Waals surface area contributed by atoms with Gasteiger partial charge in [0.2, 0.25) is 5.16 Å². The number of terminal acetylenes is 1. The van der Waals surface area contributed by atoms with E-state index in [0.29, 0.717) is 22.5 Å². The Balaban J connectivity index is 1.94. The molecule has 1 aromatic carbocycles. The molecule has 18 heavy (non-hydrogen) atoms. The summed E-state index contributed by atoms with van der Waals surface area (Å²) >= 11 is 1.41. The van der Waals surface area contributed by atoms with E-state index >= 15 is 0 Å². The fourth-order valence-electron chi connectivity index (χ4n) is 1.63. The number of nitrogens with one attached hydrogen (secondary N) is 1. The van der Waals surface area contributed by atoms with Crippen molar-refractivity contribution < 1.29 is 4.42 Å². The lowest BCUT2D eigenvalue weighted by Gasteiger charge is -1.87. The molecule has 88 valence electrons. The molecule has 4 nitrogen and oxygen atoms in total. The second-order valence-electron chi connectivity index (χ2n) is 3.61. The zero-order valence-electron chi connectivity index (χ0n) is 9.38. The molecule has 0 saturated carbocycles. The molecule has 3 rings (SSSR count). The van der Waals surface area contributed by atoms with Crippen LogP contribution >= 0.6 is 11.8 Å². The number of hydrogen-bond acceptors (Lipinski definition) is 4. The van der Waals surface area contributed by atoms with Crippen molar-refractivity contribution in [2.75, 3.05) is 5.75 Å². The summed E-state index contributed by atoms with van der Waals surface area (Å²) in [6, 6.07) is 9.75. The van der Waals surface area contributed by atoms with Gasteiger partial charge in [-0.25, -0.2) is 0 Å². The van der Waals surface area contributed by atoms with Gasteiger partial charge >= 0.3 is 0 Å². The monoisotopic (exact) mass is 255 g/mol. The summed E-state index contributed by atoms with van der Waals surface area (Å²) in [5.74, 6) is 4.38. The van der Waals surface area contributed by atoms with Crippen LogP contribution in [-0.4, -0.2) is 20.9 Å². The maximum absolute atomic E-state index is 5.69. The molecule has 2 aromatic heterocycles. The van der Waals surface area contributed by atoms with Crippen molar-refractivity contribution in [3.63, 3.8) is 0 Å². The van der Waals surface area contributed by atoms with Crippen LogP contribution in [0.1, 0.15) is 0 Å². The third-order valence-corrected chi connectivity index (χ3v) is 3.16. The van der Waals surface area contributed by atoms with Crippen molar-refractivity contribution >= 4 is 22.7 Å². The van der Waals surface area contributed by atoms with E-state index in [-0.39, 0.29) is 0 Å². The summed E-state index contributed by atoms with van der Waals surface area (Å²) in [4.78, 5) is 4.32. The van der Waals surface area contributed by atoms with Gasteiger partial charge in [0.25, 0.3) is 0 Å². The first-order chi connectivity index (χ1) is 8.86. The van der Waals surface area contributed by atoms with E-state index in [9.17, 15) is 0 Å². The van der Waals surface area contributed by atoms with Crippen molar-refractivity contribution in [1.29, 1.82) is 0 Å². The van der Waals surface area contributed by atoms with Gasteiger partial charge in [0.15, 0.2) is 11.6 Å². The fourth-order valence-corrected chi connectivity index (χ4v) is 2.10. The molecule has 0 saturated heterocycles. The number of furan rings is 1. The summed E-state index contributed by atoms with van der Waals surface area (Å²) in [6.45, 7) is 0. The number of rotatable bonds is 3. The molecule has 0 amide bonds. The summed E-state index contributed by atoms with van der Waals surface area (Å²) in [5.41, 5.74) is 0.835. The van der Waals surface area contributed by atoms with E-state index in [1.165, 1.54) is 11.8 Å². The molecule has 3 aromatic rings. The van der Waals surface area contributed by atoms with Crippen LogP contribution in [0.2, 0.25) is 0 Å². The third kappa shape index (κ3) is 1.98. The van der Waals surface area contributed by atoms with Crippen LogP contribution in [0.4, 0.5) is 0 Å². The highest BCUT2D eigenvalue weighted by Crippen LogP contribution is 2.26. The fraction of sp³-hybridized carbons (Fsp3) is 0.0769. The SMILES string of the molecule is C#CCSc1n[nH]c(-c2cc3ccccc3o2)n1. The van der Waals surface area contributed by atoms with Gasteiger partial charge in [0, 0.05) is 5.39 Å². The zero-order chi connectivity index (χ0) is 12.4. The van der Waals surface area contributed by atoms with Crippen LogP contribution in [0.25, 0.3) is 22.6 Å². The maximum atomic E-state index is 5.69. The molecule has 0 bridgehead atoms. The first-order valence-corrected chi connectivity index (χ1v) is 6.33. The average Bonchev–Trinajstić information content (AvgIpc) is 3.02. The number of H-pyrrole nitrogens is 1. The Kier molecular flexibility index (Phi) is 2.79. The molecule has 1 N–H and O–H groups in total.